The van der Waals surface area contributed by atoms with Crippen molar-refractivity contribution in [3.63, 3.8) is 0 Å². The Kier molecular flexibility index (Phi) is 22.1. The van der Waals surface area contributed by atoms with Gasteiger partial charge in [-0.05, 0) is 126 Å². The fourth-order valence-electron chi connectivity index (χ4n) is 11.1. The smallest absolute Gasteiger partial charge is 0.409 e. The molecule has 2 aromatic carbocycles. The molecule has 7 rings (SSSR count). The van der Waals surface area contributed by atoms with Crippen LogP contribution in [0.4, 0.5) is 10.5 Å². The summed E-state index contributed by atoms with van der Waals surface area (Å²) in [4.78, 5) is 112. The van der Waals surface area contributed by atoms with Gasteiger partial charge in [0.2, 0.25) is 17.7 Å². The summed E-state index contributed by atoms with van der Waals surface area (Å²) in [5.74, 6) is -2.68. The van der Waals surface area contributed by atoms with Crippen LogP contribution in [-0.4, -0.2) is 144 Å². The summed E-state index contributed by atoms with van der Waals surface area (Å²) in [5.41, 5.74) is 4.94. The van der Waals surface area contributed by atoms with E-state index in [9.17, 15) is 43.5 Å². The number of hydrazone groups is 1. The minimum atomic E-state index is -1.82. The number of methoxy groups -OCH3 is 2. The standard InChI is InChI=1S/C60H79ClN6O15S2/c1-35-15-13-18-47(78-10)60(76)33-46(80-57(75)62-60)36(2)42-32-59(42,6)48(31-53(72)66(8)44-28-38(27-35)29-45(77-9)55(44)61)81-56(74)37(3)65(7)50(69)24-26-83-84-58(4,5)34-49(68)64-63-43-17-12-11-16-39-30-40(20-21-41(39)43)79-25-14-19-54(73)82-67-51(70)22-23-52(67)71/h13,15,18,20-21,28-30,36-37,42,46-48,76H,11-12,14,16-17,19,22-27,31-34H2,1-10H3,(H,62,75)(H,64,68)/b18-13+,35-15+,63-43+/t36-,37-,42-,46-,47+,48-,59-,60-/m0/s1. The average Bonchev–Trinajstić information content (AvgIpc) is 4.20. The minimum absolute atomic E-state index is 0.0133. The number of hydrogen-bond donors (Lipinski definition) is 3. The third-order valence-corrected chi connectivity index (χ3v) is 20.0. The van der Waals surface area contributed by atoms with Crippen LogP contribution in [0.5, 0.6) is 11.5 Å². The zero-order valence-electron chi connectivity index (χ0n) is 49.5. The number of nitrogens with one attached hydrogen (secondary N) is 2. The number of hydroxylamine groups is 2. The van der Waals surface area contributed by atoms with Gasteiger partial charge in [-0.25, -0.2) is 19.8 Å². The van der Waals surface area contributed by atoms with E-state index in [-0.39, 0.29) is 80.2 Å². The second kappa shape index (κ2) is 28.4. The normalized spacial score (nSPS) is 26.5. The molecule has 3 heterocycles. The van der Waals surface area contributed by atoms with Crippen LogP contribution in [0.15, 0.2) is 59.2 Å². The Bertz CT molecular complexity index is 2920. The molecule has 6 amide bonds. The fourth-order valence-corrected chi connectivity index (χ4v) is 13.9. The monoisotopic (exact) mass is 1220 g/mol. The lowest BCUT2D eigenvalue weighted by molar-refractivity contribution is -0.197. The average molecular weight is 1220 g/mol. The Labute approximate surface area is 504 Å². The van der Waals surface area contributed by atoms with Crippen LogP contribution in [0.25, 0.3) is 0 Å². The first kappa shape index (κ1) is 65.4. The number of imide groups is 1. The summed E-state index contributed by atoms with van der Waals surface area (Å²) in [6.45, 7) is 11.4. The Morgan fingerprint density at radius 3 is 2.46 bits per heavy atom. The number of aliphatic hydroxyl groups is 1. The fraction of sp³-hybridized carbons (Fsp3) is 0.583. The highest BCUT2D eigenvalue weighted by molar-refractivity contribution is 8.77. The molecule has 21 nitrogen and oxygen atoms in total. The maximum atomic E-state index is 14.5. The van der Waals surface area contributed by atoms with Crippen LogP contribution < -0.4 is 25.1 Å². The number of esters is 1. The van der Waals surface area contributed by atoms with Gasteiger partial charge in [-0.15, -0.1) is 5.06 Å². The molecule has 0 radical (unpaired) electrons. The highest BCUT2D eigenvalue weighted by atomic mass is 35.5. The molecular weight excluding hydrogens is 1140 g/mol. The minimum Gasteiger partial charge on any atom is -0.495 e. The first-order valence-electron chi connectivity index (χ1n) is 28.4. The van der Waals surface area contributed by atoms with Gasteiger partial charge in [0.25, 0.3) is 11.8 Å². The van der Waals surface area contributed by atoms with E-state index in [0.717, 1.165) is 47.2 Å². The first-order valence-corrected chi connectivity index (χ1v) is 31.1. The summed E-state index contributed by atoms with van der Waals surface area (Å²) in [7, 11) is 8.96. The zero-order chi connectivity index (χ0) is 61.3. The maximum absolute atomic E-state index is 14.5. The van der Waals surface area contributed by atoms with Crippen LogP contribution in [0.3, 0.4) is 0 Å². The van der Waals surface area contributed by atoms with Gasteiger partial charge in [0.05, 0.1) is 38.0 Å². The summed E-state index contributed by atoms with van der Waals surface area (Å²) in [6, 6.07) is 8.23. The molecule has 3 fully saturated rings. The van der Waals surface area contributed by atoms with Crippen molar-refractivity contribution >= 4 is 92.2 Å². The lowest BCUT2D eigenvalue weighted by Gasteiger charge is -2.42. The second-order valence-electron chi connectivity index (χ2n) is 23.2. The van der Waals surface area contributed by atoms with E-state index in [1.54, 1.807) is 32.2 Å². The molecule has 3 N–H and O–H groups in total. The van der Waals surface area contributed by atoms with Gasteiger partial charge in [0.15, 0.2) is 5.72 Å². The number of benzene rings is 2. The maximum Gasteiger partial charge on any atom is 0.409 e. The number of hydrogen-bond acceptors (Lipinski definition) is 18. The highest BCUT2D eigenvalue weighted by Gasteiger charge is 2.62. The number of allylic oxidation sites excluding steroid dienone is 3. The lowest BCUT2D eigenvalue weighted by Crippen LogP contribution is -2.63. The number of ether oxygens (including phenoxy) is 5. The summed E-state index contributed by atoms with van der Waals surface area (Å²) in [6.07, 6.45) is 6.24. The number of carbonyl (C=O) groups is 8. The van der Waals surface area contributed by atoms with Crippen molar-refractivity contribution in [2.45, 2.75) is 166 Å². The molecule has 4 bridgehead atoms. The number of aryl methyl sites for hydroxylation is 1. The predicted octanol–water partition coefficient (Wildman–Crippen LogP) is 8.34. The number of nitrogens with zero attached hydrogens (tertiary/aromatic N) is 4. The van der Waals surface area contributed by atoms with E-state index in [1.807, 2.05) is 65.0 Å². The largest absolute Gasteiger partial charge is 0.495 e. The number of likely N-dealkylation sites (N-methyl/N-ethyl adjacent to an activating group) is 1. The van der Waals surface area contributed by atoms with Gasteiger partial charge in [-0.1, -0.05) is 70.8 Å². The van der Waals surface area contributed by atoms with E-state index in [0.29, 0.717) is 53.7 Å². The molecule has 458 valence electrons. The molecule has 84 heavy (non-hydrogen) atoms. The summed E-state index contributed by atoms with van der Waals surface area (Å²) < 4.78 is 28.9. The molecule has 2 saturated heterocycles. The van der Waals surface area contributed by atoms with Crippen LogP contribution in [0, 0.1) is 17.3 Å². The van der Waals surface area contributed by atoms with Gasteiger partial charge in [0, 0.05) is 74.8 Å². The molecule has 0 unspecified atom stereocenters. The molecule has 0 spiro atoms. The van der Waals surface area contributed by atoms with Gasteiger partial charge >= 0.3 is 18.0 Å². The van der Waals surface area contributed by atoms with E-state index in [1.165, 1.54) is 52.7 Å². The van der Waals surface area contributed by atoms with Gasteiger partial charge in [-0.2, -0.15) is 5.10 Å². The number of anilines is 1. The van der Waals surface area contributed by atoms with Crippen molar-refractivity contribution in [1.29, 1.82) is 0 Å². The van der Waals surface area contributed by atoms with Crippen LogP contribution in [0.2, 0.25) is 5.02 Å². The predicted molar refractivity (Wildman–Crippen MR) is 318 cm³/mol. The first-order chi connectivity index (χ1) is 39.8. The van der Waals surface area contributed by atoms with E-state index in [2.05, 4.69) is 15.8 Å². The summed E-state index contributed by atoms with van der Waals surface area (Å²) >= 11 is 6.87. The third kappa shape index (κ3) is 16.4. The lowest BCUT2D eigenvalue weighted by atomic mass is 9.83. The van der Waals surface area contributed by atoms with Crippen LogP contribution in [0.1, 0.15) is 135 Å². The molecule has 5 aliphatic rings. The molecule has 1 saturated carbocycles. The summed E-state index contributed by atoms with van der Waals surface area (Å²) in [5, 5.41) is 19.8. The van der Waals surface area contributed by atoms with Crippen molar-refractivity contribution in [2.24, 2.45) is 22.4 Å². The Balaban J connectivity index is 0.931. The third-order valence-electron chi connectivity index (χ3n) is 16.3. The number of fused-ring (bicyclic) bond motifs is 6. The molecular formula is C60H79ClN6O15S2. The Hall–Kier alpha value is -6.14. The molecule has 2 aromatic rings. The number of alkyl carbamates (subject to hydrolysis) is 1. The molecule has 2 aliphatic carbocycles. The van der Waals surface area contributed by atoms with Gasteiger partial charge < -0.3 is 43.4 Å². The molecule has 0 aromatic heterocycles. The molecule has 8 atom stereocenters. The topological polar surface area (TPSA) is 258 Å². The molecule has 3 aliphatic heterocycles. The number of rotatable bonds is 19. The molecule has 24 heteroatoms. The van der Waals surface area contributed by atoms with Gasteiger partial charge in [0.1, 0.15) is 40.9 Å². The number of carbonyl (C=O) groups excluding carboxylic acids is 8. The second-order valence-corrected chi connectivity index (χ2v) is 26.7. The Morgan fingerprint density at radius 1 is 1.02 bits per heavy atom. The van der Waals surface area contributed by atoms with E-state index < -0.39 is 76.0 Å². The number of halogens is 1. The quantitative estimate of drug-likeness (QED) is 0.0298. The zero-order valence-corrected chi connectivity index (χ0v) is 51.9. The van der Waals surface area contributed by atoms with Crippen molar-refractivity contribution in [3.8, 4) is 11.5 Å². The van der Waals surface area contributed by atoms with E-state index >= 15 is 0 Å². The SMILES string of the molecule is COc1cc2cc(c1Cl)N(C)C(=O)C[C@H](OC(=O)[C@H](C)N(C)C(=O)CCSSC(C)(C)CC(=O)N/N=C1\CCCCc3cc(OCCCC(=O)ON4C(=O)CCC4=O)ccc31)[C@@]1(C)C[C@H]1[C@H](C)[C@@H]1C[C@@](O)(NC(=O)O1)[C@H](OC)/C=C/C=C(\C)C2. The van der Waals surface area contributed by atoms with Crippen LogP contribution in [-0.2, 0) is 65.5 Å². The van der Waals surface area contributed by atoms with Crippen molar-refractivity contribution in [3.05, 3.63) is 75.8 Å². The number of amides is 6. The van der Waals surface area contributed by atoms with Crippen LogP contribution >= 0.6 is 33.2 Å². The van der Waals surface area contributed by atoms with Crippen molar-refractivity contribution in [1.82, 2.24) is 20.7 Å². The van der Waals surface area contributed by atoms with Crippen molar-refractivity contribution in [2.75, 3.05) is 45.6 Å². The Morgan fingerprint density at radius 2 is 1.75 bits per heavy atom. The van der Waals surface area contributed by atoms with Crippen molar-refractivity contribution < 1.29 is 72.0 Å². The van der Waals surface area contributed by atoms with E-state index in [4.69, 9.17) is 40.1 Å². The highest BCUT2D eigenvalue weighted by Crippen LogP contribution is 2.61. The van der Waals surface area contributed by atoms with Gasteiger partial charge in [-0.3, -0.25) is 29.3 Å².